The molecule has 2 heteroatoms. The van der Waals surface area contributed by atoms with Crippen LogP contribution in [0.2, 0.25) is 0 Å². The highest BCUT2D eigenvalue weighted by molar-refractivity contribution is 5.91. The highest BCUT2D eigenvalue weighted by Crippen LogP contribution is 2.59. The second-order valence-electron chi connectivity index (χ2n) is 10.3. The number of carbonyl (C=O) groups excluding carboxylic acids is 1. The molecule has 29 heavy (non-hydrogen) atoms. The van der Waals surface area contributed by atoms with Crippen molar-refractivity contribution in [2.24, 2.45) is 29.1 Å². The van der Waals surface area contributed by atoms with Crippen molar-refractivity contribution in [2.75, 3.05) is 0 Å². The average molecular weight is 397 g/mol. The molecular weight excluding hydrogens is 356 g/mol. The van der Waals surface area contributed by atoms with Crippen molar-refractivity contribution >= 4 is 5.78 Å². The molecule has 0 bridgehead atoms. The quantitative estimate of drug-likeness (QED) is 0.533. The van der Waals surface area contributed by atoms with E-state index in [9.17, 15) is 9.90 Å². The van der Waals surface area contributed by atoms with E-state index >= 15 is 0 Å². The number of aliphatic hydroxyl groups excluding tert-OH is 1. The van der Waals surface area contributed by atoms with Crippen LogP contribution in [0.5, 0.6) is 0 Å². The summed E-state index contributed by atoms with van der Waals surface area (Å²) in [5, 5.41) is 10.0. The third-order valence-corrected chi connectivity index (χ3v) is 7.99. The molecule has 1 unspecified atom stereocenters. The van der Waals surface area contributed by atoms with E-state index in [0.29, 0.717) is 23.2 Å². The molecule has 3 saturated carbocycles. The number of hydrogen-bond donors (Lipinski definition) is 1. The predicted molar refractivity (Wildman–Crippen MR) is 121 cm³/mol. The molecule has 0 aliphatic heterocycles. The Labute approximate surface area is 177 Å². The normalized spacial score (nSPS) is 36.9. The third-order valence-electron chi connectivity index (χ3n) is 7.99. The molecule has 0 saturated heterocycles. The van der Waals surface area contributed by atoms with Gasteiger partial charge in [0.15, 0.2) is 5.78 Å². The van der Waals surface area contributed by atoms with Crippen molar-refractivity contribution in [3.63, 3.8) is 0 Å². The fraction of sp³-hybridized carbons (Fsp3) is 0.667. The smallest absolute Gasteiger partial charge is 0.157 e. The zero-order valence-electron chi connectivity index (χ0n) is 18.9. The summed E-state index contributed by atoms with van der Waals surface area (Å²) in [4.78, 5) is 12.0. The van der Waals surface area contributed by atoms with Crippen LogP contribution in [0.1, 0.15) is 79.1 Å². The first-order valence-electron chi connectivity index (χ1n) is 11.7. The van der Waals surface area contributed by atoms with Crippen LogP contribution in [0.25, 0.3) is 0 Å². The van der Waals surface area contributed by atoms with Gasteiger partial charge in [-0.15, -0.1) is 0 Å². The summed E-state index contributed by atoms with van der Waals surface area (Å²) < 4.78 is 0. The van der Waals surface area contributed by atoms with E-state index in [1.54, 1.807) is 5.57 Å². The summed E-state index contributed by atoms with van der Waals surface area (Å²) in [5.41, 5.74) is 4.36. The van der Waals surface area contributed by atoms with Crippen LogP contribution in [0.15, 0.2) is 47.6 Å². The first-order chi connectivity index (χ1) is 13.7. The van der Waals surface area contributed by atoms with Crippen LogP contribution in [-0.4, -0.2) is 17.0 Å². The van der Waals surface area contributed by atoms with Crippen molar-refractivity contribution < 1.29 is 9.90 Å². The fourth-order valence-corrected chi connectivity index (χ4v) is 6.11. The lowest BCUT2D eigenvalue weighted by atomic mass is 9.61. The summed E-state index contributed by atoms with van der Waals surface area (Å²) >= 11 is 0. The molecular formula is C27H40O2. The maximum Gasteiger partial charge on any atom is 0.157 e. The van der Waals surface area contributed by atoms with Gasteiger partial charge in [-0.3, -0.25) is 4.79 Å². The topological polar surface area (TPSA) is 37.3 Å². The van der Waals surface area contributed by atoms with E-state index in [0.717, 1.165) is 19.3 Å². The first-order valence-corrected chi connectivity index (χ1v) is 11.7. The van der Waals surface area contributed by atoms with E-state index in [2.05, 4.69) is 38.7 Å². The lowest BCUT2D eigenvalue weighted by Crippen LogP contribution is -2.35. The van der Waals surface area contributed by atoms with E-state index in [-0.39, 0.29) is 17.8 Å². The van der Waals surface area contributed by atoms with Gasteiger partial charge in [-0.2, -0.15) is 0 Å². The maximum absolute atomic E-state index is 12.0. The van der Waals surface area contributed by atoms with Gasteiger partial charge in [-0.25, -0.2) is 0 Å². The minimum absolute atomic E-state index is 0.0793. The Kier molecular flexibility index (Phi) is 7.04. The molecule has 0 amide bonds. The first kappa shape index (κ1) is 22.3. The van der Waals surface area contributed by atoms with Gasteiger partial charge in [0.2, 0.25) is 0 Å². The second kappa shape index (κ2) is 9.16. The molecule has 0 heterocycles. The van der Waals surface area contributed by atoms with Gasteiger partial charge >= 0.3 is 0 Å². The Morgan fingerprint density at radius 2 is 1.93 bits per heavy atom. The van der Waals surface area contributed by atoms with Crippen LogP contribution in [0.4, 0.5) is 0 Å². The summed E-state index contributed by atoms with van der Waals surface area (Å²) in [7, 11) is 0. The maximum atomic E-state index is 12.0. The van der Waals surface area contributed by atoms with E-state index in [4.69, 9.17) is 0 Å². The second-order valence-corrected chi connectivity index (χ2v) is 10.3. The Bertz CT molecular complexity index is 723. The SMILES string of the molecule is C=C1CC[C@H](O)CC1=CC=C1CCC[C@@]2(C)C1CC[C@@H]2[C@H](C)C=CC(=O)C(C)C. The standard InChI is InChI=1S/C27H40O2/c1-18(2)26(29)15-9-20(4)24-13-14-25-21(7-6-16-27(24,25)5)10-11-22-17-23(28)12-8-19(22)3/h9-11,15,18,20,23-25,28H,3,6-8,12-14,16-17H2,1-2,4-5H3/t20-,23+,24-,25?,27-/m1/s1. The zero-order valence-corrected chi connectivity index (χ0v) is 18.9. The molecule has 5 atom stereocenters. The number of hydrogen-bond acceptors (Lipinski definition) is 2. The summed E-state index contributed by atoms with van der Waals surface area (Å²) in [5.74, 6) is 2.06. The largest absolute Gasteiger partial charge is 0.393 e. The highest BCUT2D eigenvalue weighted by Gasteiger charge is 2.50. The van der Waals surface area contributed by atoms with Gasteiger partial charge < -0.3 is 5.11 Å². The van der Waals surface area contributed by atoms with Crippen LogP contribution >= 0.6 is 0 Å². The van der Waals surface area contributed by atoms with Gasteiger partial charge in [0.1, 0.15) is 0 Å². The number of rotatable bonds is 5. The molecule has 0 aromatic heterocycles. The van der Waals surface area contributed by atoms with Gasteiger partial charge in [0, 0.05) is 5.92 Å². The van der Waals surface area contributed by atoms with Crippen molar-refractivity contribution in [3.8, 4) is 0 Å². The molecule has 1 N–H and O–H groups in total. The number of carbonyl (C=O) groups is 1. The molecule has 0 aromatic rings. The van der Waals surface area contributed by atoms with E-state index in [1.807, 2.05) is 19.9 Å². The van der Waals surface area contributed by atoms with E-state index < -0.39 is 0 Å². The van der Waals surface area contributed by atoms with E-state index in [1.165, 1.54) is 43.3 Å². The molecule has 0 radical (unpaired) electrons. The monoisotopic (exact) mass is 396 g/mol. The molecule has 2 nitrogen and oxygen atoms in total. The molecule has 3 aliphatic rings. The molecule has 3 rings (SSSR count). The number of ketones is 1. The van der Waals surface area contributed by atoms with Gasteiger partial charge in [-0.1, -0.05) is 63.6 Å². The van der Waals surface area contributed by atoms with Crippen LogP contribution in [0.3, 0.4) is 0 Å². The molecule has 3 aliphatic carbocycles. The summed E-state index contributed by atoms with van der Waals surface area (Å²) in [6.07, 6.45) is 17.2. The van der Waals surface area contributed by atoms with Gasteiger partial charge in [0.25, 0.3) is 0 Å². The minimum atomic E-state index is -0.209. The predicted octanol–water partition coefficient (Wildman–Crippen LogP) is 6.57. The fourth-order valence-electron chi connectivity index (χ4n) is 6.11. The lowest BCUT2D eigenvalue weighted by molar-refractivity contribution is -0.117. The number of fused-ring (bicyclic) bond motifs is 1. The van der Waals surface area contributed by atoms with Crippen LogP contribution in [0, 0.1) is 29.1 Å². The van der Waals surface area contributed by atoms with Crippen LogP contribution in [-0.2, 0) is 4.79 Å². The zero-order chi connectivity index (χ0) is 21.2. The minimum Gasteiger partial charge on any atom is -0.393 e. The van der Waals surface area contributed by atoms with Crippen molar-refractivity contribution in [2.45, 2.75) is 85.2 Å². The molecule has 0 spiro atoms. The number of aliphatic hydroxyl groups is 1. The van der Waals surface area contributed by atoms with Crippen molar-refractivity contribution in [1.82, 2.24) is 0 Å². The summed E-state index contributed by atoms with van der Waals surface area (Å²) in [6, 6.07) is 0. The Balaban J connectivity index is 1.76. The van der Waals surface area contributed by atoms with Crippen molar-refractivity contribution in [1.29, 1.82) is 0 Å². The number of allylic oxidation sites excluding steroid dienone is 6. The van der Waals surface area contributed by atoms with Crippen molar-refractivity contribution in [3.05, 3.63) is 47.6 Å². The van der Waals surface area contributed by atoms with Gasteiger partial charge in [-0.05, 0) is 86.2 Å². The molecule has 0 aromatic carbocycles. The summed E-state index contributed by atoms with van der Waals surface area (Å²) in [6.45, 7) is 12.9. The van der Waals surface area contributed by atoms with Gasteiger partial charge in [0.05, 0.1) is 6.10 Å². The molecule has 160 valence electrons. The molecule has 3 fully saturated rings. The highest BCUT2D eigenvalue weighted by atomic mass is 16.3. The average Bonchev–Trinajstić information content (AvgIpc) is 3.04. The Hall–Kier alpha value is -1.41. The van der Waals surface area contributed by atoms with Crippen LogP contribution < -0.4 is 0 Å². The lowest BCUT2D eigenvalue weighted by Gasteiger charge is -2.44. The Morgan fingerprint density at radius 3 is 2.66 bits per heavy atom. The Morgan fingerprint density at radius 1 is 1.17 bits per heavy atom. The third kappa shape index (κ3) is 4.85.